The molecule has 0 heterocycles. The molecule has 96 valence electrons. The van der Waals surface area contributed by atoms with Gasteiger partial charge in [-0.2, -0.15) is 0 Å². The maximum Gasteiger partial charge on any atom is 0.302 e. The van der Waals surface area contributed by atoms with Crippen LogP contribution < -0.4 is 0 Å². The molecule has 1 aliphatic carbocycles. The fourth-order valence-corrected chi connectivity index (χ4v) is 2.17. The monoisotopic (exact) mass is 228 g/mol. The molecule has 2 heteroatoms. The Morgan fingerprint density at radius 1 is 1.19 bits per heavy atom. The average molecular weight is 228 g/mol. The van der Waals surface area contributed by atoms with Crippen LogP contribution in [0.4, 0.5) is 0 Å². The zero-order chi connectivity index (χ0) is 12.6. The Hall–Kier alpha value is -0.530. The highest BCUT2D eigenvalue weighted by Crippen LogP contribution is 2.37. The molecule has 1 rings (SSSR count). The lowest BCUT2D eigenvalue weighted by Crippen LogP contribution is -2.22. The molecule has 0 radical (unpaired) electrons. The smallest absolute Gasteiger partial charge is 0.302 e. The van der Waals surface area contributed by atoms with E-state index in [4.69, 9.17) is 0 Å². The highest BCUT2D eigenvalue weighted by molar-refractivity contribution is 5.65. The van der Waals surface area contributed by atoms with Crippen LogP contribution in [0.15, 0.2) is 0 Å². The van der Waals surface area contributed by atoms with Gasteiger partial charge < -0.3 is 4.74 Å². The summed E-state index contributed by atoms with van der Waals surface area (Å²) >= 11 is 0. The first-order chi connectivity index (χ1) is 7.38. The minimum absolute atomic E-state index is 0.211. The molecule has 16 heavy (non-hydrogen) atoms. The van der Waals surface area contributed by atoms with Gasteiger partial charge in [0, 0.05) is 6.92 Å². The third kappa shape index (κ3) is 7.72. The maximum atomic E-state index is 9.82. The van der Waals surface area contributed by atoms with Gasteiger partial charge in [0.25, 0.3) is 0 Å². The zero-order valence-electron chi connectivity index (χ0n) is 11.6. The molecule has 0 bridgehead atoms. The molecule has 0 aromatic heterocycles. The van der Waals surface area contributed by atoms with Crippen molar-refractivity contribution in [2.24, 2.45) is 11.3 Å². The van der Waals surface area contributed by atoms with Crippen molar-refractivity contribution >= 4 is 5.97 Å². The van der Waals surface area contributed by atoms with Gasteiger partial charge in [-0.05, 0) is 31.1 Å². The molecular weight excluding hydrogens is 200 g/mol. The van der Waals surface area contributed by atoms with Gasteiger partial charge in [-0.3, -0.25) is 4.79 Å². The lowest BCUT2D eigenvalue weighted by Gasteiger charge is -2.33. The largest absolute Gasteiger partial charge is 0.466 e. The quantitative estimate of drug-likeness (QED) is 0.629. The lowest BCUT2D eigenvalue weighted by atomic mass is 9.72. The molecule has 1 aliphatic rings. The third-order valence-corrected chi connectivity index (χ3v) is 3.18. The first-order valence-corrected chi connectivity index (χ1v) is 6.51. The average Bonchev–Trinajstić information content (AvgIpc) is 2.18. The van der Waals surface area contributed by atoms with E-state index >= 15 is 0 Å². The van der Waals surface area contributed by atoms with Gasteiger partial charge in [-0.15, -0.1) is 0 Å². The molecule has 0 aromatic carbocycles. The molecule has 0 aliphatic heterocycles. The topological polar surface area (TPSA) is 26.3 Å². The molecule has 1 fully saturated rings. The third-order valence-electron chi connectivity index (χ3n) is 3.18. The Balaban J connectivity index is 0.000000325. The van der Waals surface area contributed by atoms with Gasteiger partial charge in [-0.1, -0.05) is 40.0 Å². The molecule has 0 amide bonds. The second-order valence-electron chi connectivity index (χ2n) is 5.63. The van der Waals surface area contributed by atoms with Gasteiger partial charge >= 0.3 is 5.97 Å². The van der Waals surface area contributed by atoms with Gasteiger partial charge in [-0.25, -0.2) is 0 Å². The minimum Gasteiger partial charge on any atom is -0.466 e. The zero-order valence-corrected chi connectivity index (χ0v) is 11.6. The Morgan fingerprint density at radius 3 is 1.88 bits per heavy atom. The number of hydrogen-bond acceptors (Lipinski definition) is 2. The van der Waals surface area contributed by atoms with Crippen LogP contribution in [0.25, 0.3) is 0 Å². The number of rotatable bonds is 1. The summed E-state index contributed by atoms with van der Waals surface area (Å²) in [7, 11) is 0. The highest BCUT2D eigenvalue weighted by Gasteiger charge is 2.25. The summed E-state index contributed by atoms with van der Waals surface area (Å²) in [5, 5.41) is 0. The van der Waals surface area contributed by atoms with E-state index in [9.17, 15) is 4.79 Å². The molecule has 1 saturated carbocycles. The number of ether oxygens (including phenoxy) is 1. The summed E-state index contributed by atoms with van der Waals surface area (Å²) < 4.78 is 4.40. The van der Waals surface area contributed by atoms with Crippen molar-refractivity contribution in [1.29, 1.82) is 0 Å². The predicted octanol–water partition coefficient (Wildman–Crippen LogP) is 4.18. The van der Waals surface area contributed by atoms with Crippen molar-refractivity contribution in [2.45, 2.75) is 66.7 Å². The van der Waals surface area contributed by atoms with E-state index in [2.05, 4.69) is 25.5 Å². The van der Waals surface area contributed by atoms with Crippen LogP contribution in [-0.2, 0) is 9.53 Å². The summed E-state index contributed by atoms with van der Waals surface area (Å²) in [6, 6.07) is 0. The van der Waals surface area contributed by atoms with Gasteiger partial charge in [0.05, 0.1) is 6.61 Å². The van der Waals surface area contributed by atoms with Crippen molar-refractivity contribution in [2.75, 3.05) is 6.61 Å². The van der Waals surface area contributed by atoms with Gasteiger partial charge in [0.2, 0.25) is 0 Å². The van der Waals surface area contributed by atoms with Crippen LogP contribution in [0.5, 0.6) is 0 Å². The number of carbonyl (C=O) groups excluding carboxylic acids is 1. The van der Waals surface area contributed by atoms with Gasteiger partial charge in [0.15, 0.2) is 0 Å². The van der Waals surface area contributed by atoms with Crippen molar-refractivity contribution in [3.05, 3.63) is 0 Å². The maximum absolute atomic E-state index is 9.82. The van der Waals surface area contributed by atoms with Gasteiger partial charge in [0.1, 0.15) is 0 Å². The minimum atomic E-state index is -0.211. The fraction of sp³-hybridized carbons (Fsp3) is 0.929. The predicted molar refractivity (Wildman–Crippen MR) is 68.3 cm³/mol. The number of esters is 1. The molecule has 0 aromatic rings. The Bertz CT molecular complexity index is 185. The Kier molecular flexibility index (Phi) is 7.44. The molecular formula is C14H28O2. The van der Waals surface area contributed by atoms with E-state index in [1.54, 1.807) is 6.92 Å². The Labute approximate surface area is 101 Å². The first-order valence-electron chi connectivity index (χ1n) is 6.51. The number of carbonyl (C=O) groups is 1. The van der Waals surface area contributed by atoms with E-state index in [-0.39, 0.29) is 5.97 Å². The molecule has 2 nitrogen and oxygen atoms in total. The van der Waals surface area contributed by atoms with Crippen molar-refractivity contribution in [3.63, 3.8) is 0 Å². The molecule has 0 atom stereocenters. The summed E-state index contributed by atoms with van der Waals surface area (Å²) in [6.45, 7) is 10.8. The van der Waals surface area contributed by atoms with E-state index < -0.39 is 0 Å². The SMILES string of the molecule is CC(C)(C)C1CCCCC1.CCOC(C)=O. The van der Waals surface area contributed by atoms with E-state index in [0.717, 1.165) is 5.92 Å². The van der Waals surface area contributed by atoms with Crippen LogP contribution >= 0.6 is 0 Å². The molecule has 0 spiro atoms. The van der Waals surface area contributed by atoms with Crippen LogP contribution in [0.2, 0.25) is 0 Å². The van der Waals surface area contributed by atoms with Crippen molar-refractivity contribution in [1.82, 2.24) is 0 Å². The van der Waals surface area contributed by atoms with Crippen LogP contribution in [0.3, 0.4) is 0 Å². The summed E-state index contributed by atoms with van der Waals surface area (Å²) in [5.41, 5.74) is 0.570. The van der Waals surface area contributed by atoms with E-state index in [0.29, 0.717) is 12.0 Å². The normalized spacial score (nSPS) is 17.3. The first kappa shape index (κ1) is 15.5. The summed E-state index contributed by atoms with van der Waals surface area (Å²) in [5.74, 6) is 0.791. The second kappa shape index (κ2) is 7.70. The fourth-order valence-electron chi connectivity index (χ4n) is 2.17. The molecule has 0 N–H and O–H groups in total. The summed E-state index contributed by atoms with van der Waals surface area (Å²) in [4.78, 5) is 9.82. The lowest BCUT2D eigenvalue weighted by molar-refractivity contribution is -0.140. The molecule has 0 saturated heterocycles. The summed E-state index contributed by atoms with van der Waals surface area (Å²) in [6.07, 6.45) is 7.38. The second-order valence-corrected chi connectivity index (χ2v) is 5.63. The van der Waals surface area contributed by atoms with Crippen molar-refractivity contribution < 1.29 is 9.53 Å². The van der Waals surface area contributed by atoms with E-state index in [1.807, 2.05) is 0 Å². The highest BCUT2D eigenvalue weighted by atomic mass is 16.5. The van der Waals surface area contributed by atoms with Crippen LogP contribution in [-0.4, -0.2) is 12.6 Å². The van der Waals surface area contributed by atoms with Crippen molar-refractivity contribution in [3.8, 4) is 0 Å². The van der Waals surface area contributed by atoms with Crippen LogP contribution in [0.1, 0.15) is 66.7 Å². The van der Waals surface area contributed by atoms with Crippen LogP contribution in [0, 0.1) is 11.3 Å². The number of hydrogen-bond donors (Lipinski definition) is 0. The standard InChI is InChI=1S/C10H20.C4H8O2/c1-10(2,3)9-7-5-4-6-8-9;1-3-6-4(2)5/h9H,4-8H2,1-3H3;3H2,1-2H3. The van der Waals surface area contributed by atoms with E-state index in [1.165, 1.54) is 39.0 Å². The molecule has 0 unspecified atom stereocenters. The Morgan fingerprint density at radius 2 is 1.69 bits per heavy atom.